The summed E-state index contributed by atoms with van der Waals surface area (Å²) >= 11 is 0. The minimum Gasteiger partial charge on any atom is -0.497 e. The van der Waals surface area contributed by atoms with Crippen LogP contribution in [0.5, 0.6) is 11.5 Å². The number of methoxy groups -OCH3 is 2. The van der Waals surface area contributed by atoms with Gasteiger partial charge in [0.25, 0.3) is 10.0 Å². The molecule has 10 heteroatoms. The number of sulfonamides is 2. The van der Waals surface area contributed by atoms with Crippen LogP contribution < -0.4 is 14.2 Å². The summed E-state index contributed by atoms with van der Waals surface area (Å²) in [7, 11) is -5.05. The highest BCUT2D eigenvalue weighted by molar-refractivity contribution is 7.92. The lowest BCUT2D eigenvalue weighted by Gasteiger charge is -2.39. The molecule has 2 aromatic rings. The van der Waals surface area contributed by atoms with Crippen LogP contribution in [0.25, 0.3) is 0 Å². The first kappa shape index (κ1) is 24.8. The minimum atomic E-state index is -4.07. The number of anilines is 1. The van der Waals surface area contributed by atoms with Gasteiger partial charge in [0, 0.05) is 18.7 Å². The van der Waals surface area contributed by atoms with Crippen LogP contribution in [0.15, 0.2) is 52.3 Å². The van der Waals surface area contributed by atoms with Gasteiger partial charge in [0.2, 0.25) is 10.0 Å². The van der Waals surface area contributed by atoms with E-state index in [4.69, 9.17) is 9.47 Å². The molecule has 0 unspecified atom stereocenters. The van der Waals surface area contributed by atoms with Crippen LogP contribution >= 0.6 is 0 Å². The zero-order chi connectivity index (χ0) is 24.9. The molecule has 2 atom stereocenters. The molecular formula is C24H32N2O6S2. The van der Waals surface area contributed by atoms with Crippen LogP contribution in [0.3, 0.4) is 0 Å². The monoisotopic (exact) mass is 508 g/mol. The Kier molecular flexibility index (Phi) is 6.15. The van der Waals surface area contributed by atoms with Crippen molar-refractivity contribution in [1.29, 1.82) is 0 Å². The van der Waals surface area contributed by atoms with Gasteiger partial charge in [-0.2, -0.15) is 4.31 Å². The maximum atomic E-state index is 13.6. The standard InChI is InChI=1S/C24H32N2O6S2/c1-23(2)13-18-14-24(3,15-23)16-26(18)34(29,30)20-8-6-7-17(11-20)25-33(27,28)22-12-19(31-4)9-10-21(22)32-5/h6-12,18,25H,13-16H2,1-5H3/t18-,24-/m0/s1. The second-order valence-electron chi connectivity index (χ2n) is 10.4. The third-order valence-electron chi connectivity index (χ3n) is 6.72. The molecule has 2 aromatic carbocycles. The van der Waals surface area contributed by atoms with Crippen molar-refractivity contribution in [3.05, 3.63) is 42.5 Å². The number of hydrogen-bond donors (Lipinski definition) is 1. The summed E-state index contributed by atoms with van der Waals surface area (Å²) < 4.78 is 67.9. The zero-order valence-electron chi connectivity index (χ0n) is 20.2. The first-order valence-corrected chi connectivity index (χ1v) is 14.1. The summed E-state index contributed by atoms with van der Waals surface area (Å²) in [5, 5.41) is 0. The van der Waals surface area contributed by atoms with Crippen LogP contribution in [0, 0.1) is 10.8 Å². The van der Waals surface area contributed by atoms with E-state index in [0.29, 0.717) is 12.3 Å². The molecule has 1 heterocycles. The molecule has 2 fully saturated rings. The maximum absolute atomic E-state index is 13.6. The van der Waals surface area contributed by atoms with E-state index >= 15 is 0 Å². The maximum Gasteiger partial charge on any atom is 0.265 e. The molecule has 4 rings (SSSR count). The lowest BCUT2D eigenvalue weighted by atomic mass is 9.65. The number of nitrogens with one attached hydrogen (secondary N) is 1. The smallest absolute Gasteiger partial charge is 0.265 e. The van der Waals surface area contributed by atoms with Gasteiger partial charge in [-0.15, -0.1) is 0 Å². The number of nitrogens with zero attached hydrogens (tertiary/aromatic N) is 1. The van der Waals surface area contributed by atoms with Gasteiger partial charge >= 0.3 is 0 Å². The largest absolute Gasteiger partial charge is 0.497 e. The summed E-state index contributed by atoms with van der Waals surface area (Å²) in [5.74, 6) is 0.506. The number of hydrogen-bond acceptors (Lipinski definition) is 6. The van der Waals surface area contributed by atoms with E-state index in [1.807, 2.05) is 0 Å². The SMILES string of the molecule is COc1ccc(OC)c(S(=O)(=O)Nc2cccc(S(=O)(=O)N3C[C@@]4(C)C[C@@H]3CC(C)(C)C4)c2)c1. The van der Waals surface area contributed by atoms with Crippen molar-refractivity contribution in [2.24, 2.45) is 10.8 Å². The summed E-state index contributed by atoms with van der Waals surface area (Å²) in [6.45, 7) is 7.01. The number of ether oxygens (including phenoxy) is 2. The van der Waals surface area contributed by atoms with E-state index < -0.39 is 20.0 Å². The van der Waals surface area contributed by atoms with E-state index in [9.17, 15) is 16.8 Å². The summed E-state index contributed by atoms with van der Waals surface area (Å²) in [5.41, 5.74) is 0.177. The molecule has 0 radical (unpaired) electrons. The van der Waals surface area contributed by atoms with Crippen LogP contribution in [0.4, 0.5) is 5.69 Å². The lowest BCUT2D eigenvalue weighted by Crippen LogP contribution is -2.37. The predicted octanol–water partition coefficient (Wildman–Crippen LogP) is 4.09. The van der Waals surface area contributed by atoms with E-state index in [-0.39, 0.29) is 38.1 Å². The van der Waals surface area contributed by atoms with E-state index in [1.165, 1.54) is 44.6 Å². The lowest BCUT2D eigenvalue weighted by molar-refractivity contribution is 0.133. The Morgan fingerprint density at radius 2 is 1.71 bits per heavy atom. The number of benzene rings is 2. The van der Waals surface area contributed by atoms with Gasteiger partial charge in [0.15, 0.2) is 0 Å². The molecule has 8 nitrogen and oxygen atoms in total. The molecule has 1 aliphatic carbocycles. The summed E-state index contributed by atoms with van der Waals surface area (Å²) in [6.07, 6.45) is 2.63. The van der Waals surface area contributed by atoms with Crippen molar-refractivity contribution < 1.29 is 26.3 Å². The van der Waals surface area contributed by atoms with Gasteiger partial charge in [-0.3, -0.25) is 4.72 Å². The van der Waals surface area contributed by atoms with E-state index in [2.05, 4.69) is 25.5 Å². The van der Waals surface area contributed by atoms with Gasteiger partial charge in [-0.1, -0.05) is 26.8 Å². The predicted molar refractivity (Wildman–Crippen MR) is 130 cm³/mol. The molecule has 2 aliphatic rings. The van der Waals surface area contributed by atoms with Crippen LogP contribution in [-0.2, 0) is 20.0 Å². The normalized spacial score (nSPS) is 24.6. The van der Waals surface area contributed by atoms with Gasteiger partial charge in [0.05, 0.1) is 24.8 Å². The van der Waals surface area contributed by atoms with Crippen LogP contribution in [0.2, 0.25) is 0 Å². The molecule has 0 spiro atoms. The van der Waals surface area contributed by atoms with E-state index in [0.717, 1.165) is 19.3 Å². The summed E-state index contributed by atoms with van der Waals surface area (Å²) in [6, 6.07) is 10.3. The molecule has 1 N–H and O–H groups in total. The van der Waals surface area contributed by atoms with Gasteiger partial charge in [-0.05, 0) is 60.4 Å². The average Bonchev–Trinajstić information content (AvgIpc) is 3.02. The first-order chi connectivity index (χ1) is 15.8. The van der Waals surface area contributed by atoms with Gasteiger partial charge < -0.3 is 9.47 Å². The van der Waals surface area contributed by atoms with Crippen molar-refractivity contribution in [3.63, 3.8) is 0 Å². The zero-order valence-corrected chi connectivity index (χ0v) is 21.8. The Balaban J connectivity index is 1.64. The molecule has 186 valence electrons. The molecule has 1 aliphatic heterocycles. The van der Waals surface area contributed by atoms with Crippen molar-refractivity contribution >= 4 is 25.7 Å². The molecule has 1 saturated carbocycles. The molecule has 2 bridgehead atoms. The molecular weight excluding hydrogens is 476 g/mol. The molecule has 34 heavy (non-hydrogen) atoms. The third kappa shape index (κ3) is 4.63. The van der Waals surface area contributed by atoms with Gasteiger partial charge in [0.1, 0.15) is 16.4 Å². The second-order valence-corrected chi connectivity index (χ2v) is 14.0. The number of fused-ring (bicyclic) bond motifs is 2. The van der Waals surface area contributed by atoms with Gasteiger partial charge in [-0.25, -0.2) is 16.8 Å². The second kappa shape index (κ2) is 8.42. The molecule has 0 amide bonds. The quantitative estimate of drug-likeness (QED) is 0.604. The minimum absolute atomic E-state index is 0.0540. The fourth-order valence-corrected chi connectivity index (χ4v) is 8.80. The fraction of sp³-hybridized carbons (Fsp3) is 0.500. The highest BCUT2D eigenvalue weighted by atomic mass is 32.2. The van der Waals surface area contributed by atoms with Crippen molar-refractivity contribution in [2.75, 3.05) is 25.5 Å². The fourth-order valence-electron chi connectivity index (χ4n) is 5.75. The third-order valence-corrected chi connectivity index (χ3v) is 10.0. The highest BCUT2D eigenvalue weighted by Crippen LogP contribution is 2.53. The summed E-state index contributed by atoms with van der Waals surface area (Å²) in [4.78, 5) is -0.0367. The Morgan fingerprint density at radius 3 is 2.38 bits per heavy atom. The molecule has 0 aromatic heterocycles. The Morgan fingerprint density at radius 1 is 0.971 bits per heavy atom. The molecule has 1 saturated heterocycles. The van der Waals surface area contributed by atoms with Crippen molar-refractivity contribution in [1.82, 2.24) is 4.31 Å². The van der Waals surface area contributed by atoms with E-state index in [1.54, 1.807) is 16.4 Å². The van der Waals surface area contributed by atoms with Crippen LogP contribution in [-0.4, -0.2) is 47.9 Å². The topological polar surface area (TPSA) is 102 Å². The first-order valence-electron chi connectivity index (χ1n) is 11.2. The number of rotatable bonds is 7. The van der Waals surface area contributed by atoms with Crippen molar-refractivity contribution in [2.45, 2.75) is 55.9 Å². The Labute approximate surface area is 202 Å². The van der Waals surface area contributed by atoms with Crippen LogP contribution in [0.1, 0.15) is 40.0 Å². The Bertz CT molecular complexity index is 1310. The average molecular weight is 509 g/mol. The van der Waals surface area contributed by atoms with Crippen molar-refractivity contribution in [3.8, 4) is 11.5 Å². The Hall–Kier alpha value is -2.30. The highest BCUT2D eigenvalue weighted by Gasteiger charge is 2.53.